The number of hydrogen-bond donors (Lipinski definition) is 2. The number of carbonyl (C=O) groups is 2. The van der Waals surface area contributed by atoms with Crippen LogP contribution in [0, 0.1) is 5.92 Å². The summed E-state index contributed by atoms with van der Waals surface area (Å²) < 4.78 is 10.4. The number of alkyl carbamates (subject to hydrolysis) is 1. The van der Waals surface area contributed by atoms with Crippen molar-refractivity contribution in [1.29, 1.82) is 0 Å². The third-order valence-electron chi connectivity index (χ3n) is 2.89. The van der Waals surface area contributed by atoms with Gasteiger partial charge >= 0.3 is 12.1 Å². The summed E-state index contributed by atoms with van der Waals surface area (Å²) >= 11 is 0. The van der Waals surface area contributed by atoms with Gasteiger partial charge in [0, 0.05) is 0 Å². The van der Waals surface area contributed by atoms with Gasteiger partial charge in [-0.25, -0.2) is 14.6 Å². The van der Waals surface area contributed by atoms with Gasteiger partial charge in [0.25, 0.3) is 0 Å². The highest BCUT2D eigenvalue weighted by Crippen LogP contribution is 2.24. The molecule has 21 heavy (non-hydrogen) atoms. The zero-order valence-electron chi connectivity index (χ0n) is 13.0. The van der Waals surface area contributed by atoms with Crippen molar-refractivity contribution in [3.05, 3.63) is 17.8 Å². The molecular formula is C14H22N2O5. The number of aromatic nitrogens is 1. The number of rotatable bonds is 5. The Morgan fingerprint density at radius 1 is 1.48 bits per heavy atom. The van der Waals surface area contributed by atoms with Gasteiger partial charge in [-0.05, 0) is 26.7 Å². The van der Waals surface area contributed by atoms with Gasteiger partial charge in [-0.2, -0.15) is 0 Å². The van der Waals surface area contributed by atoms with Crippen LogP contribution in [0.1, 0.15) is 63.5 Å². The van der Waals surface area contributed by atoms with Gasteiger partial charge in [-0.15, -0.1) is 0 Å². The molecule has 118 valence electrons. The zero-order chi connectivity index (χ0) is 16.2. The van der Waals surface area contributed by atoms with Crippen LogP contribution in [-0.4, -0.2) is 27.8 Å². The number of nitrogens with zero attached hydrogens (tertiary/aromatic N) is 1. The maximum absolute atomic E-state index is 11.9. The maximum Gasteiger partial charge on any atom is 0.408 e. The molecule has 0 radical (unpaired) electrons. The van der Waals surface area contributed by atoms with Crippen molar-refractivity contribution in [2.75, 3.05) is 0 Å². The molecule has 1 aromatic heterocycles. The number of carboxylic acids is 1. The largest absolute Gasteiger partial charge is 0.476 e. The number of carbonyl (C=O) groups excluding carboxylic acids is 1. The first-order valence-corrected chi connectivity index (χ1v) is 6.82. The fourth-order valence-corrected chi connectivity index (χ4v) is 1.65. The molecule has 0 unspecified atom stereocenters. The molecule has 7 nitrogen and oxygen atoms in total. The van der Waals surface area contributed by atoms with Gasteiger partial charge in [-0.1, -0.05) is 20.3 Å². The van der Waals surface area contributed by atoms with E-state index >= 15 is 0 Å². The molecule has 0 spiro atoms. The van der Waals surface area contributed by atoms with Crippen molar-refractivity contribution in [2.45, 2.75) is 52.7 Å². The summed E-state index contributed by atoms with van der Waals surface area (Å²) in [6.45, 7) is 9.15. The molecule has 0 aliphatic heterocycles. The summed E-state index contributed by atoms with van der Waals surface area (Å²) in [6.07, 6.45) is 1.22. The predicted octanol–water partition coefficient (Wildman–Crippen LogP) is 2.98. The molecule has 2 atom stereocenters. The smallest absolute Gasteiger partial charge is 0.408 e. The minimum Gasteiger partial charge on any atom is -0.476 e. The van der Waals surface area contributed by atoms with E-state index in [2.05, 4.69) is 10.3 Å². The van der Waals surface area contributed by atoms with Crippen molar-refractivity contribution in [1.82, 2.24) is 10.3 Å². The molecule has 0 saturated carbocycles. The minimum atomic E-state index is -1.18. The summed E-state index contributed by atoms with van der Waals surface area (Å²) in [5.41, 5.74) is -0.809. The van der Waals surface area contributed by atoms with E-state index in [9.17, 15) is 9.59 Å². The Hall–Kier alpha value is -2.05. The molecular weight excluding hydrogens is 276 g/mol. The van der Waals surface area contributed by atoms with E-state index in [4.69, 9.17) is 14.3 Å². The van der Waals surface area contributed by atoms with Crippen molar-refractivity contribution in [2.24, 2.45) is 5.92 Å². The lowest BCUT2D eigenvalue weighted by Gasteiger charge is -2.25. The van der Waals surface area contributed by atoms with Crippen LogP contribution in [0.2, 0.25) is 0 Å². The highest BCUT2D eigenvalue weighted by molar-refractivity contribution is 5.84. The van der Waals surface area contributed by atoms with E-state index in [1.807, 2.05) is 13.8 Å². The Labute approximate surface area is 123 Å². The lowest BCUT2D eigenvalue weighted by atomic mass is 9.99. The molecule has 1 amide bonds. The van der Waals surface area contributed by atoms with E-state index in [1.165, 1.54) is 0 Å². The average Bonchev–Trinajstić information content (AvgIpc) is 2.82. The predicted molar refractivity (Wildman–Crippen MR) is 75.0 cm³/mol. The van der Waals surface area contributed by atoms with Gasteiger partial charge in [0.1, 0.15) is 17.9 Å². The first-order chi connectivity index (χ1) is 9.64. The van der Waals surface area contributed by atoms with E-state index in [0.717, 1.165) is 12.7 Å². The lowest BCUT2D eigenvalue weighted by Crippen LogP contribution is -2.37. The van der Waals surface area contributed by atoms with Crippen LogP contribution in [0.5, 0.6) is 0 Å². The number of amides is 1. The van der Waals surface area contributed by atoms with Gasteiger partial charge in [-0.3, -0.25) is 0 Å². The summed E-state index contributed by atoms with van der Waals surface area (Å²) in [5.74, 6) is -1.00. The molecule has 7 heteroatoms. The average molecular weight is 298 g/mol. The third kappa shape index (κ3) is 5.09. The molecule has 0 bridgehead atoms. The van der Waals surface area contributed by atoms with Gasteiger partial charge < -0.3 is 19.6 Å². The lowest BCUT2D eigenvalue weighted by molar-refractivity contribution is 0.0475. The maximum atomic E-state index is 11.9. The number of hydrogen-bond acceptors (Lipinski definition) is 5. The highest BCUT2D eigenvalue weighted by Gasteiger charge is 2.28. The number of oxazole rings is 1. The molecule has 1 heterocycles. The topological polar surface area (TPSA) is 102 Å². The number of ether oxygens (including phenoxy) is 1. The standard InChI is InChI=1S/C14H22N2O5/c1-6-8(2)10(16-13(19)21-14(3,4)5)11-15-9(7-20-11)12(17)18/h7-8,10H,6H2,1-5H3,(H,16,19)(H,17,18)/t8-,10-/m0/s1. The Balaban J connectivity index is 2.90. The van der Waals surface area contributed by atoms with E-state index in [0.29, 0.717) is 0 Å². The van der Waals surface area contributed by atoms with Crippen molar-refractivity contribution in [3.8, 4) is 0 Å². The quantitative estimate of drug-likeness (QED) is 0.866. The molecule has 0 aliphatic carbocycles. The van der Waals surface area contributed by atoms with E-state index in [-0.39, 0.29) is 17.5 Å². The second-order valence-corrected chi connectivity index (χ2v) is 5.89. The third-order valence-corrected chi connectivity index (χ3v) is 2.89. The Bertz CT molecular complexity index is 504. The normalized spacial score (nSPS) is 14.3. The Morgan fingerprint density at radius 3 is 2.52 bits per heavy atom. The monoisotopic (exact) mass is 298 g/mol. The van der Waals surface area contributed by atoms with Crippen LogP contribution in [0.3, 0.4) is 0 Å². The first kappa shape index (κ1) is 17.0. The number of aromatic carboxylic acids is 1. The fourth-order valence-electron chi connectivity index (χ4n) is 1.65. The number of carboxylic acid groups (broad SMARTS) is 1. The van der Waals surface area contributed by atoms with Gasteiger partial charge in [0.15, 0.2) is 5.69 Å². The van der Waals surface area contributed by atoms with Gasteiger partial charge in [0.05, 0.1) is 0 Å². The number of nitrogens with one attached hydrogen (secondary N) is 1. The summed E-state index contributed by atoms with van der Waals surface area (Å²) in [6, 6.07) is -0.544. The van der Waals surface area contributed by atoms with Crippen LogP contribution in [0.15, 0.2) is 10.7 Å². The molecule has 2 N–H and O–H groups in total. The van der Waals surface area contributed by atoms with Crippen molar-refractivity contribution < 1.29 is 23.8 Å². The second-order valence-electron chi connectivity index (χ2n) is 5.89. The van der Waals surface area contributed by atoms with Crippen molar-refractivity contribution >= 4 is 12.1 Å². The van der Waals surface area contributed by atoms with E-state index in [1.54, 1.807) is 20.8 Å². The fraction of sp³-hybridized carbons (Fsp3) is 0.643. The first-order valence-electron chi connectivity index (χ1n) is 6.82. The van der Waals surface area contributed by atoms with Crippen molar-refractivity contribution in [3.63, 3.8) is 0 Å². The Kier molecular flexibility index (Phi) is 5.34. The molecule has 1 aromatic rings. The molecule has 1 rings (SSSR count). The molecule has 0 aromatic carbocycles. The Morgan fingerprint density at radius 2 is 2.10 bits per heavy atom. The van der Waals surface area contributed by atoms with E-state index < -0.39 is 23.7 Å². The molecule has 0 fully saturated rings. The zero-order valence-corrected chi connectivity index (χ0v) is 13.0. The van der Waals surface area contributed by atoms with Crippen LogP contribution < -0.4 is 5.32 Å². The molecule has 0 saturated heterocycles. The minimum absolute atomic E-state index is 0.0119. The highest BCUT2D eigenvalue weighted by atomic mass is 16.6. The van der Waals surface area contributed by atoms with Crippen LogP contribution in [0.25, 0.3) is 0 Å². The second kappa shape index (κ2) is 6.60. The summed E-state index contributed by atoms with van der Waals surface area (Å²) in [5, 5.41) is 11.6. The summed E-state index contributed by atoms with van der Waals surface area (Å²) in [7, 11) is 0. The molecule has 0 aliphatic rings. The van der Waals surface area contributed by atoms with Crippen LogP contribution in [0.4, 0.5) is 4.79 Å². The van der Waals surface area contributed by atoms with Crippen LogP contribution >= 0.6 is 0 Å². The SMILES string of the molecule is CC[C@H](C)[C@H](NC(=O)OC(C)(C)C)c1nc(C(=O)O)co1. The van der Waals surface area contributed by atoms with Crippen LogP contribution in [-0.2, 0) is 4.74 Å². The van der Waals surface area contributed by atoms with Gasteiger partial charge in [0.2, 0.25) is 5.89 Å². The summed E-state index contributed by atoms with van der Waals surface area (Å²) in [4.78, 5) is 26.6.